The number of nitrogens with zero attached hydrogens (tertiary/aromatic N) is 3. The summed E-state index contributed by atoms with van der Waals surface area (Å²) < 4.78 is 25.6. The summed E-state index contributed by atoms with van der Waals surface area (Å²) in [5, 5.41) is 12.2. The van der Waals surface area contributed by atoms with Crippen LogP contribution in [-0.4, -0.2) is 53.5 Å². The van der Waals surface area contributed by atoms with Crippen LogP contribution < -0.4 is 5.32 Å². The van der Waals surface area contributed by atoms with Crippen LogP contribution in [0, 0.1) is 11.3 Å². The highest BCUT2D eigenvalue weighted by Crippen LogP contribution is 2.22. The lowest BCUT2D eigenvalue weighted by Crippen LogP contribution is -2.41. The number of carbonyl (C=O) groups is 2. The topological polar surface area (TPSA) is 112 Å². The molecule has 2 atom stereocenters. The molecule has 1 saturated heterocycles. The molecule has 0 bridgehead atoms. The summed E-state index contributed by atoms with van der Waals surface area (Å²) >= 11 is 0. The van der Waals surface area contributed by atoms with Gasteiger partial charge < -0.3 is 10.2 Å². The number of amides is 2. The van der Waals surface area contributed by atoms with E-state index in [1.807, 2.05) is 13.0 Å². The third kappa shape index (κ3) is 3.40. The Kier molecular flexibility index (Phi) is 4.93. The van der Waals surface area contributed by atoms with Crippen LogP contribution >= 0.6 is 0 Å². The first-order chi connectivity index (χ1) is 12.8. The van der Waals surface area contributed by atoms with Gasteiger partial charge in [0.15, 0.2) is 0 Å². The molecule has 2 amide bonds. The smallest absolute Gasteiger partial charge is 0.252 e. The normalized spacial score (nSPS) is 20.0. The molecule has 1 aliphatic rings. The van der Waals surface area contributed by atoms with Crippen molar-refractivity contribution in [3.63, 3.8) is 0 Å². The van der Waals surface area contributed by atoms with Gasteiger partial charge in [-0.25, -0.2) is 12.4 Å². The highest BCUT2D eigenvalue weighted by Gasteiger charge is 2.37. The summed E-state index contributed by atoms with van der Waals surface area (Å²) in [7, 11) is -3.48. The van der Waals surface area contributed by atoms with Crippen molar-refractivity contribution in [1.29, 1.82) is 5.26 Å². The Morgan fingerprint density at radius 3 is 2.78 bits per heavy atom. The highest BCUT2D eigenvalue weighted by atomic mass is 32.2. The van der Waals surface area contributed by atoms with Gasteiger partial charge in [0.2, 0.25) is 15.9 Å². The summed E-state index contributed by atoms with van der Waals surface area (Å²) in [6.07, 6.45) is 1.89. The molecule has 1 aromatic heterocycles. The fourth-order valence-electron chi connectivity index (χ4n) is 3.29. The average molecular weight is 388 g/mol. The molecule has 0 spiro atoms. The number of hydrogen-bond donors (Lipinski definition) is 1. The second-order valence-corrected chi connectivity index (χ2v) is 8.66. The fourth-order valence-corrected chi connectivity index (χ4v) is 4.27. The SMILES string of the molecule is CCS(=O)(=O)n1ccc2ccc(C(=O)NC3CC(C)N(CC#N)C3=O)cc21. The predicted molar refractivity (Wildman–Crippen MR) is 99.5 cm³/mol. The van der Waals surface area contributed by atoms with Crippen LogP contribution in [-0.2, 0) is 14.8 Å². The van der Waals surface area contributed by atoms with E-state index in [1.54, 1.807) is 25.1 Å². The van der Waals surface area contributed by atoms with Gasteiger partial charge in [-0.3, -0.25) is 9.59 Å². The van der Waals surface area contributed by atoms with Gasteiger partial charge in [0.05, 0.1) is 17.3 Å². The van der Waals surface area contributed by atoms with E-state index in [1.165, 1.54) is 17.2 Å². The van der Waals surface area contributed by atoms with Crippen molar-refractivity contribution in [3.05, 3.63) is 36.0 Å². The standard InChI is InChI=1S/C18H20N4O4S/c1-3-27(25,26)22-8-6-13-4-5-14(11-16(13)22)17(23)20-15-10-12(2)21(9-7-19)18(15)24/h4-6,8,11-12,15H,3,9-10H2,1-2H3,(H,20,23). The zero-order chi connectivity index (χ0) is 19.8. The third-order valence-corrected chi connectivity index (χ3v) is 6.47. The number of hydrogen-bond acceptors (Lipinski definition) is 5. The Hall–Kier alpha value is -2.86. The number of nitrogens with one attached hydrogen (secondary N) is 1. The van der Waals surface area contributed by atoms with Crippen LogP contribution in [0.3, 0.4) is 0 Å². The fraction of sp³-hybridized carbons (Fsp3) is 0.389. The monoisotopic (exact) mass is 388 g/mol. The van der Waals surface area contributed by atoms with E-state index in [9.17, 15) is 18.0 Å². The lowest BCUT2D eigenvalue weighted by molar-refractivity contribution is -0.129. The van der Waals surface area contributed by atoms with Crippen molar-refractivity contribution < 1.29 is 18.0 Å². The first-order valence-electron chi connectivity index (χ1n) is 8.61. The maximum Gasteiger partial charge on any atom is 0.252 e. The zero-order valence-electron chi connectivity index (χ0n) is 15.0. The Morgan fingerprint density at radius 1 is 1.37 bits per heavy atom. The van der Waals surface area contributed by atoms with Crippen molar-refractivity contribution in [3.8, 4) is 6.07 Å². The van der Waals surface area contributed by atoms with E-state index in [-0.39, 0.29) is 29.8 Å². The van der Waals surface area contributed by atoms with Gasteiger partial charge in [-0.2, -0.15) is 5.26 Å². The Bertz CT molecular complexity index is 1050. The van der Waals surface area contributed by atoms with Gasteiger partial charge in [-0.05, 0) is 38.5 Å². The van der Waals surface area contributed by atoms with Crippen molar-refractivity contribution in [2.24, 2.45) is 0 Å². The van der Waals surface area contributed by atoms with E-state index in [0.717, 1.165) is 3.97 Å². The molecule has 1 N–H and O–H groups in total. The molecule has 0 aliphatic carbocycles. The average Bonchev–Trinajstić information content (AvgIpc) is 3.18. The van der Waals surface area contributed by atoms with Gasteiger partial charge >= 0.3 is 0 Å². The molecule has 1 aliphatic heterocycles. The van der Waals surface area contributed by atoms with Gasteiger partial charge in [0.1, 0.15) is 12.6 Å². The predicted octanol–water partition coefficient (Wildman–Crippen LogP) is 1.08. The maximum absolute atomic E-state index is 12.6. The van der Waals surface area contributed by atoms with Crippen LogP contribution in [0.25, 0.3) is 10.9 Å². The number of fused-ring (bicyclic) bond motifs is 1. The van der Waals surface area contributed by atoms with Crippen LogP contribution in [0.15, 0.2) is 30.5 Å². The molecule has 2 heterocycles. The molecule has 1 fully saturated rings. The van der Waals surface area contributed by atoms with E-state index < -0.39 is 22.0 Å². The number of rotatable bonds is 5. The second kappa shape index (κ2) is 7.04. The quantitative estimate of drug-likeness (QED) is 0.770. The van der Waals surface area contributed by atoms with Crippen LogP contribution in [0.2, 0.25) is 0 Å². The van der Waals surface area contributed by atoms with Gasteiger partial charge in [0.25, 0.3) is 5.91 Å². The van der Waals surface area contributed by atoms with Crippen LogP contribution in [0.1, 0.15) is 30.6 Å². The van der Waals surface area contributed by atoms with Crippen molar-refractivity contribution in [2.45, 2.75) is 32.4 Å². The second-order valence-electron chi connectivity index (χ2n) is 6.52. The number of aromatic nitrogens is 1. The van der Waals surface area contributed by atoms with E-state index in [2.05, 4.69) is 5.32 Å². The summed E-state index contributed by atoms with van der Waals surface area (Å²) in [5.41, 5.74) is 0.690. The molecule has 142 valence electrons. The molecule has 2 aromatic rings. The Balaban J connectivity index is 1.86. The molecule has 2 unspecified atom stereocenters. The number of carbonyl (C=O) groups excluding carboxylic acids is 2. The molecule has 3 rings (SSSR count). The summed E-state index contributed by atoms with van der Waals surface area (Å²) in [6.45, 7) is 3.37. The Labute approximate surface area is 157 Å². The lowest BCUT2D eigenvalue weighted by Gasteiger charge is -2.17. The molecular weight excluding hydrogens is 368 g/mol. The maximum atomic E-state index is 12.6. The number of benzene rings is 1. The van der Waals surface area contributed by atoms with Crippen LogP contribution in [0.4, 0.5) is 0 Å². The molecular formula is C18H20N4O4S. The van der Waals surface area contributed by atoms with Gasteiger partial charge in [-0.15, -0.1) is 0 Å². The largest absolute Gasteiger partial charge is 0.340 e. The highest BCUT2D eigenvalue weighted by molar-refractivity contribution is 7.90. The molecule has 1 aromatic carbocycles. The minimum atomic E-state index is -3.48. The minimum Gasteiger partial charge on any atom is -0.340 e. The van der Waals surface area contributed by atoms with Gasteiger partial charge in [0, 0.05) is 23.2 Å². The number of nitriles is 1. The number of likely N-dealkylation sites (tertiary alicyclic amines) is 1. The molecule has 8 nitrogen and oxygen atoms in total. The van der Waals surface area contributed by atoms with Crippen LogP contribution in [0.5, 0.6) is 0 Å². The minimum absolute atomic E-state index is 0.0132. The van der Waals surface area contributed by atoms with E-state index >= 15 is 0 Å². The van der Waals surface area contributed by atoms with Crippen molar-refractivity contribution in [1.82, 2.24) is 14.2 Å². The lowest BCUT2D eigenvalue weighted by atomic mass is 10.1. The van der Waals surface area contributed by atoms with Crippen molar-refractivity contribution >= 4 is 32.7 Å². The summed E-state index contributed by atoms with van der Waals surface area (Å²) in [4.78, 5) is 26.4. The summed E-state index contributed by atoms with van der Waals surface area (Å²) in [6, 6.07) is 7.58. The molecule has 27 heavy (non-hydrogen) atoms. The molecule has 0 saturated carbocycles. The third-order valence-electron chi connectivity index (χ3n) is 4.82. The van der Waals surface area contributed by atoms with Crippen molar-refractivity contribution in [2.75, 3.05) is 12.3 Å². The first kappa shape index (κ1) is 18.9. The van der Waals surface area contributed by atoms with E-state index in [4.69, 9.17) is 5.26 Å². The molecule has 0 radical (unpaired) electrons. The van der Waals surface area contributed by atoms with Gasteiger partial charge in [-0.1, -0.05) is 6.07 Å². The zero-order valence-corrected chi connectivity index (χ0v) is 15.9. The Morgan fingerprint density at radius 2 is 2.11 bits per heavy atom. The first-order valence-corrected chi connectivity index (χ1v) is 10.2. The molecule has 9 heteroatoms. The summed E-state index contributed by atoms with van der Waals surface area (Å²) in [5.74, 6) is -0.797. The van der Waals surface area contributed by atoms with E-state index in [0.29, 0.717) is 17.3 Å².